The number of nitrogens with zero attached hydrogens (tertiary/aromatic N) is 5. The van der Waals surface area contributed by atoms with Crippen molar-refractivity contribution in [1.82, 2.24) is 24.5 Å². The maximum atomic E-state index is 6.32. The smallest absolute Gasteiger partial charge is 0.254 e. The van der Waals surface area contributed by atoms with Crippen molar-refractivity contribution in [3.8, 4) is 11.6 Å². The van der Waals surface area contributed by atoms with E-state index in [1.54, 1.807) is 10.8 Å². The van der Waals surface area contributed by atoms with E-state index in [9.17, 15) is 0 Å². The van der Waals surface area contributed by atoms with Gasteiger partial charge in [-0.3, -0.25) is 4.90 Å². The van der Waals surface area contributed by atoms with E-state index in [0.717, 1.165) is 55.6 Å². The number of piperidine rings is 1. The van der Waals surface area contributed by atoms with Crippen molar-refractivity contribution in [2.75, 3.05) is 25.0 Å². The van der Waals surface area contributed by atoms with Crippen molar-refractivity contribution in [2.24, 2.45) is 5.92 Å². The Morgan fingerprint density at radius 1 is 1.13 bits per heavy atom. The minimum Gasteiger partial charge on any atom is -0.461 e. The highest BCUT2D eigenvalue weighted by atomic mass is 35.5. The number of halogens is 1. The van der Waals surface area contributed by atoms with E-state index in [1.807, 2.05) is 37.3 Å². The summed E-state index contributed by atoms with van der Waals surface area (Å²) in [5, 5.41) is 9.03. The zero-order chi connectivity index (χ0) is 21.2. The molecular weight excluding hydrogens is 412 g/mol. The Bertz CT molecular complexity index is 1160. The minimum absolute atomic E-state index is 0.541. The summed E-state index contributed by atoms with van der Waals surface area (Å²) in [5.74, 6) is 3.27. The van der Waals surface area contributed by atoms with Gasteiger partial charge >= 0.3 is 0 Å². The molecule has 4 heterocycles. The molecule has 0 spiro atoms. The van der Waals surface area contributed by atoms with Gasteiger partial charge in [-0.2, -0.15) is 9.50 Å². The van der Waals surface area contributed by atoms with E-state index in [4.69, 9.17) is 16.0 Å². The third-order valence-corrected chi connectivity index (χ3v) is 6.18. The second kappa shape index (κ2) is 8.69. The van der Waals surface area contributed by atoms with Crippen molar-refractivity contribution in [3.05, 3.63) is 65.0 Å². The number of aromatic nitrogens is 4. The maximum Gasteiger partial charge on any atom is 0.254 e. The summed E-state index contributed by atoms with van der Waals surface area (Å²) in [5.41, 5.74) is 2.11. The van der Waals surface area contributed by atoms with Crippen LogP contribution in [0.1, 0.15) is 24.1 Å². The number of anilines is 1. The zero-order valence-electron chi connectivity index (χ0n) is 17.5. The molecule has 1 fully saturated rings. The Balaban J connectivity index is 1.22. The van der Waals surface area contributed by atoms with Gasteiger partial charge in [-0.05, 0) is 62.5 Å². The van der Waals surface area contributed by atoms with E-state index in [0.29, 0.717) is 23.3 Å². The molecule has 1 N–H and O–H groups in total. The van der Waals surface area contributed by atoms with E-state index in [-0.39, 0.29) is 0 Å². The number of fused-ring (bicyclic) bond motifs is 1. The van der Waals surface area contributed by atoms with Crippen LogP contribution < -0.4 is 5.32 Å². The van der Waals surface area contributed by atoms with Crippen LogP contribution >= 0.6 is 11.6 Å². The molecule has 31 heavy (non-hydrogen) atoms. The van der Waals surface area contributed by atoms with Gasteiger partial charge in [0.25, 0.3) is 5.78 Å². The van der Waals surface area contributed by atoms with Gasteiger partial charge in [0.1, 0.15) is 5.82 Å². The normalized spacial score (nSPS) is 15.5. The van der Waals surface area contributed by atoms with E-state index in [1.165, 1.54) is 5.56 Å². The van der Waals surface area contributed by atoms with Crippen molar-refractivity contribution < 1.29 is 4.42 Å². The monoisotopic (exact) mass is 436 g/mol. The quantitative estimate of drug-likeness (QED) is 0.473. The van der Waals surface area contributed by atoms with Gasteiger partial charge in [0.05, 0.1) is 6.26 Å². The average Bonchev–Trinajstić information content (AvgIpc) is 3.44. The zero-order valence-corrected chi connectivity index (χ0v) is 18.2. The van der Waals surface area contributed by atoms with E-state index < -0.39 is 0 Å². The minimum atomic E-state index is 0.541. The summed E-state index contributed by atoms with van der Waals surface area (Å²) in [6.07, 6.45) is 3.93. The fourth-order valence-corrected chi connectivity index (χ4v) is 4.28. The number of aryl methyl sites for hydroxylation is 1. The Morgan fingerprint density at radius 3 is 2.74 bits per heavy atom. The first kappa shape index (κ1) is 20.0. The van der Waals surface area contributed by atoms with Crippen molar-refractivity contribution >= 4 is 23.2 Å². The first-order chi connectivity index (χ1) is 15.2. The number of rotatable bonds is 6. The van der Waals surface area contributed by atoms with Crippen LogP contribution in [0.25, 0.3) is 17.4 Å². The molecule has 0 saturated carbocycles. The first-order valence-electron chi connectivity index (χ1n) is 10.6. The molecule has 0 unspecified atom stereocenters. The van der Waals surface area contributed by atoms with Crippen LogP contribution in [0.2, 0.25) is 5.02 Å². The lowest BCUT2D eigenvalue weighted by Gasteiger charge is -2.32. The highest BCUT2D eigenvalue weighted by Crippen LogP contribution is 2.24. The molecule has 4 aromatic rings. The molecule has 1 saturated heterocycles. The molecule has 5 rings (SSSR count). The number of benzene rings is 1. The van der Waals surface area contributed by atoms with Crippen LogP contribution in [0.4, 0.5) is 5.82 Å². The SMILES string of the molecule is Cc1cc(NCC2CCN(Cc3ccccc3Cl)CC2)n2nc(-c3ccco3)nc2n1. The predicted octanol–water partition coefficient (Wildman–Crippen LogP) is 4.67. The van der Waals surface area contributed by atoms with Crippen LogP contribution in [-0.4, -0.2) is 44.1 Å². The fourth-order valence-electron chi connectivity index (χ4n) is 4.09. The third kappa shape index (κ3) is 4.43. The molecular formula is C23H25ClN6O. The molecule has 1 aromatic carbocycles. The highest BCUT2D eigenvalue weighted by molar-refractivity contribution is 6.31. The van der Waals surface area contributed by atoms with Crippen LogP contribution in [0, 0.1) is 12.8 Å². The van der Waals surface area contributed by atoms with Gasteiger partial charge in [-0.15, -0.1) is 5.10 Å². The molecule has 0 radical (unpaired) electrons. The van der Waals surface area contributed by atoms with Crippen molar-refractivity contribution in [2.45, 2.75) is 26.3 Å². The number of likely N-dealkylation sites (tertiary alicyclic amines) is 1. The molecule has 160 valence electrons. The van der Waals surface area contributed by atoms with Crippen molar-refractivity contribution in [1.29, 1.82) is 0 Å². The van der Waals surface area contributed by atoms with Gasteiger partial charge in [-0.1, -0.05) is 29.8 Å². The van der Waals surface area contributed by atoms with Crippen LogP contribution in [0.15, 0.2) is 53.1 Å². The van der Waals surface area contributed by atoms with Crippen molar-refractivity contribution in [3.63, 3.8) is 0 Å². The lowest BCUT2D eigenvalue weighted by Crippen LogP contribution is -2.35. The second-order valence-corrected chi connectivity index (χ2v) is 8.51. The topological polar surface area (TPSA) is 71.5 Å². The Hall–Kier alpha value is -2.90. The Morgan fingerprint density at radius 2 is 1.97 bits per heavy atom. The molecule has 1 aliphatic rings. The summed E-state index contributed by atoms with van der Waals surface area (Å²) in [6.45, 7) is 5.94. The molecule has 3 aromatic heterocycles. The summed E-state index contributed by atoms with van der Waals surface area (Å²) >= 11 is 6.32. The molecule has 0 atom stereocenters. The summed E-state index contributed by atoms with van der Waals surface area (Å²) in [4.78, 5) is 11.5. The molecule has 0 aliphatic carbocycles. The van der Waals surface area contributed by atoms with Gasteiger partial charge in [0.2, 0.25) is 5.82 Å². The van der Waals surface area contributed by atoms with Gasteiger partial charge in [0, 0.05) is 29.9 Å². The van der Waals surface area contributed by atoms with E-state index >= 15 is 0 Å². The Labute approximate surface area is 186 Å². The van der Waals surface area contributed by atoms with Crippen LogP contribution in [-0.2, 0) is 6.54 Å². The molecule has 8 heteroatoms. The lowest BCUT2D eigenvalue weighted by atomic mass is 9.96. The highest BCUT2D eigenvalue weighted by Gasteiger charge is 2.20. The Kier molecular flexibility index (Phi) is 5.61. The number of hydrogen-bond donors (Lipinski definition) is 1. The number of furan rings is 1. The van der Waals surface area contributed by atoms with E-state index in [2.05, 4.69) is 37.4 Å². The van der Waals surface area contributed by atoms with Gasteiger partial charge < -0.3 is 9.73 Å². The average molecular weight is 437 g/mol. The van der Waals surface area contributed by atoms with Crippen LogP contribution in [0.3, 0.4) is 0 Å². The third-order valence-electron chi connectivity index (χ3n) is 5.81. The number of nitrogens with one attached hydrogen (secondary N) is 1. The van der Waals surface area contributed by atoms with Gasteiger partial charge in [0.15, 0.2) is 5.76 Å². The largest absolute Gasteiger partial charge is 0.461 e. The molecule has 7 nitrogen and oxygen atoms in total. The molecule has 1 aliphatic heterocycles. The molecule has 0 amide bonds. The van der Waals surface area contributed by atoms with Gasteiger partial charge in [-0.25, -0.2) is 4.98 Å². The second-order valence-electron chi connectivity index (χ2n) is 8.10. The summed E-state index contributed by atoms with van der Waals surface area (Å²) in [6, 6.07) is 13.8. The maximum absolute atomic E-state index is 6.32. The fraction of sp³-hybridized carbons (Fsp3) is 0.348. The first-order valence-corrected chi connectivity index (χ1v) is 11.0. The standard InChI is InChI=1S/C23H25ClN6O/c1-16-13-21(30-23(26-16)27-22(28-30)20-7-4-12-31-20)25-14-17-8-10-29(11-9-17)15-18-5-2-3-6-19(18)24/h2-7,12-13,17,25H,8-11,14-15H2,1H3. The van der Waals surface area contributed by atoms with Crippen LogP contribution in [0.5, 0.6) is 0 Å². The summed E-state index contributed by atoms with van der Waals surface area (Å²) < 4.78 is 7.20. The lowest BCUT2D eigenvalue weighted by molar-refractivity contribution is 0.182. The number of hydrogen-bond acceptors (Lipinski definition) is 6. The summed E-state index contributed by atoms with van der Waals surface area (Å²) in [7, 11) is 0. The predicted molar refractivity (Wildman–Crippen MR) is 121 cm³/mol. The molecule has 0 bridgehead atoms.